The van der Waals surface area contributed by atoms with E-state index < -0.39 is 29.3 Å². The molecule has 228 valence electrons. The van der Waals surface area contributed by atoms with Crippen LogP contribution in [0.2, 0.25) is 0 Å². The van der Waals surface area contributed by atoms with Gasteiger partial charge in [0.2, 0.25) is 11.8 Å². The summed E-state index contributed by atoms with van der Waals surface area (Å²) in [5.41, 5.74) is 1.67. The van der Waals surface area contributed by atoms with Gasteiger partial charge in [-0.05, 0) is 85.3 Å². The quantitative estimate of drug-likeness (QED) is 0.233. The van der Waals surface area contributed by atoms with E-state index in [9.17, 15) is 14.4 Å². The van der Waals surface area contributed by atoms with E-state index in [1.165, 1.54) is 12.8 Å². The minimum atomic E-state index is -0.821. The van der Waals surface area contributed by atoms with Crippen molar-refractivity contribution in [2.24, 2.45) is 5.92 Å². The van der Waals surface area contributed by atoms with Crippen molar-refractivity contribution in [3.63, 3.8) is 0 Å². The molecule has 0 saturated carbocycles. The third-order valence-electron chi connectivity index (χ3n) is 6.51. The first-order valence-electron chi connectivity index (χ1n) is 15.1. The molecule has 2 atom stereocenters. The van der Waals surface area contributed by atoms with E-state index >= 15 is 0 Å². The summed E-state index contributed by atoms with van der Waals surface area (Å²) in [6.45, 7) is 21.9. The number of benzene rings is 1. The number of aryl methyl sites for hydroxylation is 2. The van der Waals surface area contributed by atoms with Crippen LogP contribution in [0.5, 0.6) is 0 Å². The number of ether oxygens (including phenoxy) is 1. The maximum Gasteiger partial charge on any atom is 0.408 e. The first-order chi connectivity index (χ1) is 18.4. The molecule has 7 nitrogen and oxygen atoms in total. The highest BCUT2D eigenvalue weighted by atomic mass is 16.6. The predicted molar refractivity (Wildman–Crippen MR) is 164 cm³/mol. The molecule has 0 spiro atoms. The molecule has 0 aliphatic rings. The summed E-state index contributed by atoms with van der Waals surface area (Å²) in [7, 11) is 0. The summed E-state index contributed by atoms with van der Waals surface area (Å²) in [6, 6.07) is 4.35. The van der Waals surface area contributed by atoms with E-state index in [0.717, 1.165) is 42.4 Å². The molecular formula is C33H57N3O4. The lowest BCUT2D eigenvalue weighted by molar-refractivity contribution is -0.143. The van der Waals surface area contributed by atoms with Crippen molar-refractivity contribution in [2.45, 2.75) is 144 Å². The predicted octanol–water partition coefficient (Wildman–Crippen LogP) is 7.39. The van der Waals surface area contributed by atoms with Gasteiger partial charge in [-0.15, -0.1) is 0 Å². The second kappa shape index (κ2) is 16.0. The Bertz CT molecular complexity index is 959. The van der Waals surface area contributed by atoms with Crippen molar-refractivity contribution in [1.82, 2.24) is 15.5 Å². The van der Waals surface area contributed by atoms with E-state index in [4.69, 9.17) is 4.74 Å². The van der Waals surface area contributed by atoms with Gasteiger partial charge < -0.3 is 20.3 Å². The minimum Gasteiger partial charge on any atom is -0.444 e. The first-order valence-corrected chi connectivity index (χ1v) is 15.1. The number of nitrogens with one attached hydrogen (secondary N) is 2. The number of amides is 3. The number of unbranched alkanes of at least 4 members (excludes halogenated alkanes) is 5. The van der Waals surface area contributed by atoms with Crippen LogP contribution >= 0.6 is 0 Å². The molecule has 1 rings (SSSR count). The average Bonchev–Trinajstić information content (AvgIpc) is 2.78. The van der Waals surface area contributed by atoms with Crippen LogP contribution in [-0.4, -0.2) is 46.5 Å². The van der Waals surface area contributed by atoms with Gasteiger partial charge in [0.05, 0.1) is 0 Å². The van der Waals surface area contributed by atoms with Gasteiger partial charge in [-0.2, -0.15) is 0 Å². The number of carbonyl (C=O) groups excluding carboxylic acids is 3. The number of carbonyl (C=O) groups is 3. The molecule has 0 aliphatic heterocycles. The normalized spacial score (nSPS) is 13.5. The van der Waals surface area contributed by atoms with Crippen LogP contribution in [0.25, 0.3) is 0 Å². The van der Waals surface area contributed by atoms with Crippen LogP contribution in [0, 0.1) is 19.8 Å². The Morgan fingerprint density at radius 2 is 1.52 bits per heavy atom. The zero-order valence-corrected chi connectivity index (χ0v) is 27.2. The number of hydrogen-bond acceptors (Lipinski definition) is 4. The van der Waals surface area contributed by atoms with E-state index in [2.05, 4.69) is 17.6 Å². The lowest BCUT2D eigenvalue weighted by Gasteiger charge is -2.37. The summed E-state index contributed by atoms with van der Waals surface area (Å²) >= 11 is 0. The van der Waals surface area contributed by atoms with Crippen LogP contribution in [-0.2, 0) is 14.3 Å². The highest BCUT2D eigenvalue weighted by molar-refractivity contribution is 5.92. The highest BCUT2D eigenvalue weighted by Gasteiger charge is 2.38. The van der Waals surface area contributed by atoms with Crippen molar-refractivity contribution in [3.05, 3.63) is 34.9 Å². The summed E-state index contributed by atoms with van der Waals surface area (Å²) in [6.07, 6.45) is 6.16. The largest absolute Gasteiger partial charge is 0.444 e. The Balaban J connectivity index is 3.55. The molecule has 0 saturated heterocycles. The summed E-state index contributed by atoms with van der Waals surface area (Å²) in [5, 5.41) is 5.96. The Morgan fingerprint density at radius 1 is 0.925 bits per heavy atom. The molecular weight excluding hydrogens is 502 g/mol. The van der Waals surface area contributed by atoms with Crippen LogP contribution in [0.3, 0.4) is 0 Å². The molecule has 7 heteroatoms. The molecule has 0 aliphatic carbocycles. The summed E-state index contributed by atoms with van der Waals surface area (Å²) in [4.78, 5) is 42.8. The fourth-order valence-electron chi connectivity index (χ4n) is 4.79. The maximum absolute atomic E-state index is 14.4. The summed E-state index contributed by atoms with van der Waals surface area (Å²) in [5.74, 6) is -0.343. The first kappa shape index (κ1) is 35.5. The molecule has 0 bridgehead atoms. The van der Waals surface area contributed by atoms with Crippen molar-refractivity contribution < 1.29 is 19.1 Å². The molecule has 0 fully saturated rings. The van der Waals surface area contributed by atoms with Crippen molar-refractivity contribution in [3.8, 4) is 0 Å². The second-order valence-electron chi connectivity index (χ2n) is 13.6. The van der Waals surface area contributed by atoms with Gasteiger partial charge in [-0.25, -0.2) is 4.79 Å². The van der Waals surface area contributed by atoms with Crippen LogP contribution < -0.4 is 10.6 Å². The van der Waals surface area contributed by atoms with E-state index in [0.29, 0.717) is 13.0 Å². The third-order valence-corrected chi connectivity index (χ3v) is 6.51. The monoisotopic (exact) mass is 559 g/mol. The van der Waals surface area contributed by atoms with E-state index in [1.54, 1.807) is 25.7 Å². The van der Waals surface area contributed by atoms with Crippen molar-refractivity contribution in [2.75, 3.05) is 6.54 Å². The van der Waals surface area contributed by atoms with Crippen molar-refractivity contribution in [1.29, 1.82) is 0 Å². The zero-order chi connectivity index (χ0) is 30.7. The maximum atomic E-state index is 14.4. The molecule has 1 aromatic carbocycles. The SMILES string of the molecule is CCCCCCCCN(C(=O)C(CC(C)C)NC(=O)OC(C)(C)C)C(C(=O)NC(C)(C)C)c1ccc(C)cc1C. The van der Waals surface area contributed by atoms with Gasteiger partial charge in [0, 0.05) is 12.1 Å². The Labute approximate surface area is 244 Å². The fraction of sp³-hybridized carbons (Fsp3) is 0.727. The molecule has 0 radical (unpaired) electrons. The van der Waals surface area contributed by atoms with Gasteiger partial charge in [-0.3, -0.25) is 9.59 Å². The Kier molecular flexibility index (Phi) is 14.2. The van der Waals surface area contributed by atoms with Gasteiger partial charge in [0.1, 0.15) is 17.7 Å². The zero-order valence-electron chi connectivity index (χ0n) is 27.2. The van der Waals surface area contributed by atoms with Crippen molar-refractivity contribution >= 4 is 17.9 Å². The van der Waals surface area contributed by atoms with Crippen LogP contribution in [0.15, 0.2) is 18.2 Å². The lowest BCUT2D eigenvalue weighted by Crippen LogP contribution is -2.55. The summed E-state index contributed by atoms with van der Waals surface area (Å²) < 4.78 is 5.51. The van der Waals surface area contributed by atoms with Crippen LogP contribution in [0.1, 0.15) is 130 Å². The third kappa shape index (κ3) is 13.2. The molecule has 1 aromatic rings. The second-order valence-corrected chi connectivity index (χ2v) is 13.6. The molecule has 2 N–H and O–H groups in total. The molecule has 40 heavy (non-hydrogen) atoms. The van der Waals surface area contributed by atoms with Gasteiger partial charge in [-0.1, -0.05) is 76.6 Å². The van der Waals surface area contributed by atoms with Gasteiger partial charge in [0.15, 0.2) is 0 Å². The number of alkyl carbamates (subject to hydrolysis) is 1. The minimum absolute atomic E-state index is 0.141. The van der Waals surface area contributed by atoms with Gasteiger partial charge in [0.25, 0.3) is 0 Å². The molecule has 2 unspecified atom stereocenters. The average molecular weight is 560 g/mol. The smallest absolute Gasteiger partial charge is 0.408 e. The number of hydrogen-bond donors (Lipinski definition) is 2. The van der Waals surface area contributed by atoms with E-state index in [-0.39, 0.29) is 17.7 Å². The lowest BCUT2D eigenvalue weighted by atomic mass is 9.94. The van der Waals surface area contributed by atoms with Crippen LogP contribution in [0.4, 0.5) is 4.79 Å². The molecule has 0 aromatic heterocycles. The number of rotatable bonds is 14. The Hall–Kier alpha value is -2.57. The van der Waals surface area contributed by atoms with Gasteiger partial charge >= 0.3 is 6.09 Å². The molecule has 0 heterocycles. The fourth-order valence-corrected chi connectivity index (χ4v) is 4.79. The Morgan fingerprint density at radius 3 is 2.05 bits per heavy atom. The number of nitrogens with zero attached hydrogens (tertiary/aromatic N) is 1. The topological polar surface area (TPSA) is 87.7 Å². The standard InChI is InChI=1S/C33H57N3O4/c1-12-13-14-15-16-17-20-36(30(38)27(21-23(2)3)34-31(39)40-33(9,10)11)28(29(37)35-32(6,7)8)26-19-18-24(4)22-25(26)5/h18-19,22-23,27-28H,12-17,20-21H2,1-11H3,(H,34,39)(H,35,37). The molecule has 3 amide bonds. The van der Waals surface area contributed by atoms with E-state index in [1.807, 2.05) is 66.7 Å². The highest BCUT2D eigenvalue weighted by Crippen LogP contribution is 2.28.